The number of anilines is 1. The average Bonchev–Trinajstić information content (AvgIpc) is 3.01. The number of nitrogens with zero attached hydrogens (tertiary/aromatic N) is 2. The molecule has 1 spiro atoms. The molecule has 2 heterocycles. The van der Waals surface area contributed by atoms with Crippen molar-refractivity contribution < 1.29 is 14.3 Å². The van der Waals surface area contributed by atoms with Gasteiger partial charge in [-0.1, -0.05) is 24.4 Å². The molecule has 1 saturated carbocycles. The molecule has 4 rings (SSSR count). The second-order valence-corrected chi connectivity index (χ2v) is 7.04. The molecule has 1 aliphatic carbocycles. The van der Waals surface area contributed by atoms with E-state index in [9.17, 15) is 9.59 Å². The summed E-state index contributed by atoms with van der Waals surface area (Å²) in [5, 5.41) is 0.524. The Morgan fingerprint density at radius 1 is 1.26 bits per heavy atom. The smallest absolute Gasteiger partial charge is 0.265 e. The van der Waals surface area contributed by atoms with Crippen molar-refractivity contribution in [3.05, 3.63) is 23.2 Å². The molecule has 0 radical (unpaired) electrons. The molecule has 122 valence electrons. The molecular formula is C17H19ClN2O3. The number of halogens is 1. The zero-order valence-electron chi connectivity index (χ0n) is 12.9. The van der Waals surface area contributed by atoms with Gasteiger partial charge < -0.3 is 9.64 Å². The summed E-state index contributed by atoms with van der Waals surface area (Å²) in [5.74, 6) is 0.425. The standard InChI is InChI=1S/C17H19ClN2O3/c18-12-3-4-14-13(9-12)19(16(22)11-23-14)10-15(21)20-8-7-17(20)5-1-2-6-17/h3-4,9H,1-2,5-8,10-11H2. The first kappa shape index (κ1) is 14.8. The summed E-state index contributed by atoms with van der Waals surface area (Å²) < 4.78 is 5.42. The molecule has 0 N–H and O–H groups in total. The molecule has 0 bridgehead atoms. The third-order valence-electron chi connectivity index (χ3n) is 5.37. The highest BCUT2D eigenvalue weighted by Crippen LogP contribution is 2.45. The summed E-state index contributed by atoms with van der Waals surface area (Å²) >= 11 is 6.04. The van der Waals surface area contributed by atoms with Gasteiger partial charge in [-0.15, -0.1) is 0 Å². The predicted octanol–water partition coefficient (Wildman–Crippen LogP) is 2.61. The van der Waals surface area contributed by atoms with Crippen molar-refractivity contribution in [2.75, 3.05) is 24.6 Å². The van der Waals surface area contributed by atoms with E-state index >= 15 is 0 Å². The highest BCUT2D eigenvalue weighted by Gasteiger charge is 2.49. The summed E-state index contributed by atoms with van der Waals surface area (Å²) in [4.78, 5) is 28.5. The highest BCUT2D eigenvalue weighted by molar-refractivity contribution is 6.31. The van der Waals surface area contributed by atoms with E-state index in [0.29, 0.717) is 16.5 Å². The van der Waals surface area contributed by atoms with Crippen molar-refractivity contribution in [1.82, 2.24) is 4.90 Å². The Kier molecular flexibility index (Phi) is 3.48. The number of hydrogen-bond acceptors (Lipinski definition) is 3. The predicted molar refractivity (Wildman–Crippen MR) is 86.8 cm³/mol. The SMILES string of the molecule is O=C1COc2ccc(Cl)cc2N1CC(=O)N1CCC12CCCC2. The molecule has 1 aromatic rings. The Morgan fingerprint density at radius 3 is 2.74 bits per heavy atom. The van der Waals surface area contributed by atoms with Crippen molar-refractivity contribution in [2.24, 2.45) is 0 Å². The molecule has 0 unspecified atom stereocenters. The van der Waals surface area contributed by atoms with Crippen LogP contribution in [0.2, 0.25) is 5.02 Å². The molecule has 0 aromatic heterocycles. The van der Waals surface area contributed by atoms with Gasteiger partial charge in [0.2, 0.25) is 5.91 Å². The van der Waals surface area contributed by atoms with Crippen LogP contribution in [0.3, 0.4) is 0 Å². The lowest BCUT2D eigenvalue weighted by Gasteiger charge is -2.51. The van der Waals surface area contributed by atoms with Crippen molar-refractivity contribution in [3.8, 4) is 5.75 Å². The number of hydrogen-bond donors (Lipinski definition) is 0. The monoisotopic (exact) mass is 334 g/mol. The largest absolute Gasteiger partial charge is 0.482 e. The van der Waals surface area contributed by atoms with Crippen LogP contribution in [-0.4, -0.2) is 41.9 Å². The van der Waals surface area contributed by atoms with E-state index in [2.05, 4.69) is 0 Å². The van der Waals surface area contributed by atoms with Gasteiger partial charge in [0.1, 0.15) is 12.3 Å². The first-order chi connectivity index (χ1) is 11.1. The van der Waals surface area contributed by atoms with Crippen molar-refractivity contribution in [2.45, 2.75) is 37.6 Å². The van der Waals surface area contributed by atoms with Gasteiger partial charge in [-0.2, -0.15) is 0 Å². The zero-order valence-corrected chi connectivity index (χ0v) is 13.6. The van der Waals surface area contributed by atoms with E-state index in [0.717, 1.165) is 25.8 Å². The number of carbonyl (C=O) groups excluding carboxylic acids is 2. The zero-order chi connectivity index (χ0) is 16.0. The number of likely N-dealkylation sites (tertiary alicyclic amines) is 1. The molecule has 3 aliphatic rings. The van der Waals surface area contributed by atoms with Gasteiger partial charge in [0.25, 0.3) is 5.91 Å². The summed E-state index contributed by atoms with van der Waals surface area (Å²) in [6.45, 7) is 0.837. The maximum atomic E-state index is 12.8. The lowest BCUT2D eigenvalue weighted by atomic mass is 9.83. The Bertz CT molecular complexity index is 670. The minimum Gasteiger partial charge on any atom is -0.482 e. The minimum absolute atomic E-state index is 0.0272. The van der Waals surface area contributed by atoms with Crippen LogP contribution in [0.15, 0.2) is 18.2 Å². The lowest BCUT2D eigenvalue weighted by molar-refractivity contribution is -0.146. The van der Waals surface area contributed by atoms with E-state index in [1.165, 1.54) is 17.7 Å². The normalized spacial score (nSPS) is 21.9. The van der Waals surface area contributed by atoms with E-state index in [-0.39, 0.29) is 30.5 Å². The van der Waals surface area contributed by atoms with Gasteiger partial charge >= 0.3 is 0 Å². The molecule has 23 heavy (non-hydrogen) atoms. The van der Waals surface area contributed by atoms with Gasteiger partial charge in [0.05, 0.1) is 5.69 Å². The van der Waals surface area contributed by atoms with Crippen molar-refractivity contribution in [1.29, 1.82) is 0 Å². The Hall–Kier alpha value is -1.75. The fraction of sp³-hybridized carbons (Fsp3) is 0.529. The maximum Gasteiger partial charge on any atom is 0.265 e. The summed E-state index contributed by atoms with van der Waals surface area (Å²) in [7, 11) is 0. The second kappa shape index (κ2) is 5.41. The molecule has 2 fully saturated rings. The van der Waals surface area contributed by atoms with Gasteiger partial charge in [-0.05, 0) is 37.5 Å². The molecule has 1 saturated heterocycles. The van der Waals surface area contributed by atoms with Crippen LogP contribution in [0.5, 0.6) is 5.75 Å². The third kappa shape index (κ3) is 2.38. The summed E-state index contributed by atoms with van der Waals surface area (Å²) in [6, 6.07) is 5.14. The van der Waals surface area contributed by atoms with Crippen molar-refractivity contribution >= 4 is 29.1 Å². The lowest BCUT2D eigenvalue weighted by Crippen LogP contribution is -2.62. The molecule has 0 atom stereocenters. The number of fused-ring (bicyclic) bond motifs is 1. The molecular weight excluding hydrogens is 316 g/mol. The Balaban J connectivity index is 1.55. The van der Waals surface area contributed by atoms with Gasteiger partial charge in [0, 0.05) is 17.1 Å². The van der Waals surface area contributed by atoms with Gasteiger partial charge in [0.15, 0.2) is 6.61 Å². The van der Waals surface area contributed by atoms with E-state index < -0.39 is 0 Å². The Morgan fingerprint density at radius 2 is 2.04 bits per heavy atom. The fourth-order valence-corrected chi connectivity index (χ4v) is 4.22. The second-order valence-electron chi connectivity index (χ2n) is 6.61. The van der Waals surface area contributed by atoms with Gasteiger partial charge in [-0.25, -0.2) is 0 Å². The van der Waals surface area contributed by atoms with Crippen molar-refractivity contribution in [3.63, 3.8) is 0 Å². The molecule has 5 nitrogen and oxygen atoms in total. The summed E-state index contributed by atoms with van der Waals surface area (Å²) in [5.41, 5.74) is 0.659. The number of ether oxygens (including phenoxy) is 1. The first-order valence-electron chi connectivity index (χ1n) is 8.12. The highest BCUT2D eigenvalue weighted by atomic mass is 35.5. The summed E-state index contributed by atoms with van der Waals surface area (Å²) in [6.07, 6.45) is 5.67. The average molecular weight is 335 g/mol. The molecule has 2 aliphatic heterocycles. The van der Waals surface area contributed by atoms with Crippen LogP contribution in [0, 0.1) is 0 Å². The fourth-order valence-electron chi connectivity index (χ4n) is 4.05. The Labute approximate surface area is 140 Å². The molecule has 1 aromatic carbocycles. The van der Waals surface area contributed by atoms with Gasteiger partial charge in [-0.3, -0.25) is 14.5 Å². The van der Waals surface area contributed by atoms with Crippen LogP contribution in [0.1, 0.15) is 32.1 Å². The van der Waals surface area contributed by atoms with E-state index in [4.69, 9.17) is 16.3 Å². The van der Waals surface area contributed by atoms with Crippen LogP contribution in [0.25, 0.3) is 0 Å². The topological polar surface area (TPSA) is 49.9 Å². The minimum atomic E-state index is -0.200. The maximum absolute atomic E-state index is 12.8. The van der Waals surface area contributed by atoms with Crippen LogP contribution >= 0.6 is 11.6 Å². The van der Waals surface area contributed by atoms with Crippen LogP contribution < -0.4 is 9.64 Å². The number of amides is 2. The van der Waals surface area contributed by atoms with Crippen LogP contribution in [-0.2, 0) is 9.59 Å². The van der Waals surface area contributed by atoms with E-state index in [1.807, 2.05) is 4.90 Å². The number of rotatable bonds is 2. The molecule has 6 heteroatoms. The number of benzene rings is 1. The third-order valence-corrected chi connectivity index (χ3v) is 5.60. The molecule has 2 amide bonds. The first-order valence-corrected chi connectivity index (χ1v) is 8.50. The number of carbonyl (C=O) groups is 2. The van der Waals surface area contributed by atoms with E-state index in [1.54, 1.807) is 18.2 Å². The van der Waals surface area contributed by atoms with Crippen LogP contribution in [0.4, 0.5) is 5.69 Å². The quantitative estimate of drug-likeness (QED) is 0.835.